The Morgan fingerprint density at radius 1 is 1.04 bits per heavy atom. The second kappa shape index (κ2) is 9.12. The Hall–Kier alpha value is -2.22. The van der Waals surface area contributed by atoms with Crippen LogP contribution < -0.4 is 15.8 Å². The van der Waals surface area contributed by atoms with Crippen molar-refractivity contribution in [2.75, 3.05) is 11.9 Å². The second-order valence-corrected chi connectivity index (χ2v) is 8.38. The third kappa shape index (κ3) is 6.16. The molecule has 7 heteroatoms. The molecule has 2 aromatic carbocycles. The van der Waals surface area contributed by atoms with E-state index in [4.69, 9.17) is 5.14 Å². The van der Waals surface area contributed by atoms with Crippen molar-refractivity contribution in [2.45, 2.75) is 38.1 Å². The molecule has 0 heterocycles. The van der Waals surface area contributed by atoms with E-state index in [1.807, 2.05) is 0 Å². The molecule has 146 valence electrons. The van der Waals surface area contributed by atoms with E-state index in [-0.39, 0.29) is 23.4 Å². The minimum Gasteiger partial charge on any atom is -0.325 e. The minimum absolute atomic E-state index is 0.00835. The van der Waals surface area contributed by atoms with Gasteiger partial charge in [0, 0.05) is 11.7 Å². The fourth-order valence-electron chi connectivity index (χ4n) is 2.83. The quantitative estimate of drug-likeness (QED) is 0.646. The molecule has 4 N–H and O–H groups in total. The smallest absolute Gasteiger partial charge is 0.238 e. The van der Waals surface area contributed by atoms with E-state index < -0.39 is 10.0 Å². The molecule has 1 atom stereocenters. The average molecular weight is 390 g/mol. The molecule has 2 rings (SSSR count). The third-order valence-corrected chi connectivity index (χ3v) is 5.29. The summed E-state index contributed by atoms with van der Waals surface area (Å²) >= 11 is 0. The highest BCUT2D eigenvalue weighted by molar-refractivity contribution is 7.89. The van der Waals surface area contributed by atoms with Gasteiger partial charge in [-0.1, -0.05) is 45.0 Å². The van der Waals surface area contributed by atoms with Gasteiger partial charge in [0.1, 0.15) is 0 Å². The van der Waals surface area contributed by atoms with Gasteiger partial charge >= 0.3 is 0 Å². The predicted octanol–water partition coefficient (Wildman–Crippen LogP) is 2.82. The molecule has 0 aliphatic rings. The number of benzene rings is 2. The highest BCUT2D eigenvalue weighted by atomic mass is 32.2. The number of rotatable bonds is 8. The topological polar surface area (TPSA) is 101 Å². The summed E-state index contributed by atoms with van der Waals surface area (Å²) in [6.07, 6.45) is 0.993. The molecule has 0 spiro atoms. The first-order valence-corrected chi connectivity index (χ1v) is 10.5. The molecule has 0 radical (unpaired) electrons. The van der Waals surface area contributed by atoms with Gasteiger partial charge in [0.15, 0.2) is 0 Å². The van der Waals surface area contributed by atoms with Crippen molar-refractivity contribution < 1.29 is 13.2 Å². The van der Waals surface area contributed by atoms with Gasteiger partial charge in [0.05, 0.1) is 11.4 Å². The van der Waals surface area contributed by atoms with Crippen LogP contribution in [0.25, 0.3) is 0 Å². The number of nitrogens with two attached hydrogens (primary N) is 1. The molecule has 0 unspecified atom stereocenters. The Labute approximate surface area is 161 Å². The SMILES string of the molecule is CCc1ccc([C@@H](NCC(=O)Nc2ccc(S(N)(=O)=O)cc2)C(C)C)cc1. The van der Waals surface area contributed by atoms with Gasteiger partial charge in [-0.2, -0.15) is 0 Å². The first-order valence-electron chi connectivity index (χ1n) is 8.95. The number of hydrogen-bond donors (Lipinski definition) is 3. The Morgan fingerprint density at radius 3 is 2.11 bits per heavy atom. The molecule has 0 fully saturated rings. The van der Waals surface area contributed by atoms with Crippen LogP contribution in [0.2, 0.25) is 0 Å². The van der Waals surface area contributed by atoms with E-state index in [1.54, 1.807) is 0 Å². The average Bonchev–Trinajstić information content (AvgIpc) is 2.62. The molecule has 0 saturated heterocycles. The zero-order valence-electron chi connectivity index (χ0n) is 15.9. The summed E-state index contributed by atoms with van der Waals surface area (Å²) < 4.78 is 22.5. The van der Waals surface area contributed by atoms with Crippen LogP contribution >= 0.6 is 0 Å². The lowest BCUT2D eigenvalue weighted by Gasteiger charge is -2.23. The van der Waals surface area contributed by atoms with Crippen molar-refractivity contribution in [2.24, 2.45) is 11.1 Å². The number of aryl methyl sites for hydroxylation is 1. The van der Waals surface area contributed by atoms with Crippen molar-refractivity contribution in [3.8, 4) is 0 Å². The maximum Gasteiger partial charge on any atom is 0.238 e. The van der Waals surface area contributed by atoms with Gasteiger partial charge in [-0.05, 0) is 47.7 Å². The van der Waals surface area contributed by atoms with E-state index in [9.17, 15) is 13.2 Å². The van der Waals surface area contributed by atoms with Gasteiger partial charge in [-0.3, -0.25) is 4.79 Å². The van der Waals surface area contributed by atoms with Crippen molar-refractivity contribution in [3.63, 3.8) is 0 Å². The molecule has 6 nitrogen and oxygen atoms in total. The standard InChI is InChI=1S/C20H27N3O3S/c1-4-15-5-7-16(8-6-15)20(14(2)3)22-13-19(24)23-17-9-11-18(12-10-17)27(21,25)26/h5-12,14,20,22H,4,13H2,1-3H3,(H,23,24)(H2,21,25,26)/t20-/m0/s1. The molecular formula is C20H27N3O3S. The molecule has 0 aliphatic carbocycles. The number of nitrogens with one attached hydrogen (secondary N) is 2. The minimum atomic E-state index is -3.74. The summed E-state index contributed by atoms with van der Waals surface area (Å²) in [4.78, 5) is 12.2. The summed E-state index contributed by atoms with van der Waals surface area (Å²) in [6, 6.07) is 14.2. The maximum atomic E-state index is 12.2. The summed E-state index contributed by atoms with van der Waals surface area (Å²) in [5, 5.41) is 11.1. The largest absolute Gasteiger partial charge is 0.325 e. The fourth-order valence-corrected chi connectivity index (χ4v) is 3.35. The van der Waals surface area contributed by atoms with Crippen molar-refractivity contribution in [1.82, 2.24) is 5.32 Å². The van der Waals surface area contributed by atoms with E-state index in [0.717, 1.165) is 12.0 Å². The van der Waals surface area contributed by atoms with Gasteiger partial charge in [0.2, 0.25) is 15.9 Å². The first-order chi connectivity index (χ1) is 12.7. The van der Waals surface area contributed by atoms with Crippen LogP contribution in [0.1, 0.15) is 37.9 Å². The Balaban J connectivity index is 1.97. The molecule has 0 bridgehead atoms. The molecule has 2 aromatic rings. The maximum absolute atomic E-state index is 12.2. The fraction of sp³-hybridized carbons (Fsp3) is 0.350. The number of carbonyl (C=O) groups excluding carboxylic acids is 1. The van der Waals surface area contributed by atoms with Gasteiger partial charge in [0.25, 0.3) is 0 Å². The van der Waals surface area contributed by atoms with Gasteiger partial charge in [-0.25, -0.2) is 13.6 Å². The zero-order valence-corrected chi connectivity index (χ0v) is 16.7. The van der Waals surface area contributed by atoms with Crippen molar-refractivity contribution >= 4 is 21.6 Å². The lowest BCUT2D eigenvalue weighted by atomic mass is 9.95. The normalized spacial score (nSPS) is 12.8. The van der Waals surface area contributed by atoms with Crippen LogP contribution in [-0.2, 0) is 21.2 Å². The summed E-state index contributed by atoms with van der Waals surface area (Å²) in [5.74, 6) is 0.119. The summed E-state index contributed by atoms with van der Waals surface area (Å²) in [7, 11) is -3.74. The number of anilines is 1. The molecular weight excluding hydrogens is 362 g/mol. The van der Waals surface area contributed by atoms with E-state index in [1.165, 1.54) is 29.8 Å². The van der Waals surface area contributed by atoms with Crippen LogP contribution in [0.4, 0.5) is 5.69 Å². The van der Waals surface area contributed by atoms with Crippen molar-refractivity contribution in [1.29, 1.82) is 0 Å². The number of hydrogen-bond acceptors (Lipinski definition) is 4. The molecule has 27 heavy (non-hydrogen) atoms. The van der Waals surface area contributed by atoms with Crippen molar-refractivity contribution in [3.05, 3.63) is 59.7 Å². The lowest BCUT2D eigenvalue weighted by Crippen LogP contribution is -2.33. The van der Waals surface area contributed by atoms with Gasteiger partial charge < -0.3 is 10.6 Å². The monoisotopic (exact) mass is 389 g/mol. The first kappa shape index (κ1) is 21.1. The van der Waals surface area contributed by atoms with Crippen LogP contribution in [0.5, 0.6) is 0 Å². The second-order valence-electron chi connectivity index (χ2n) is 6.82. The zero-order chi connectivity index (χ0) is 20.0. The van der Waals surface area contributed by atoms with Gasteiger partial charge in [-0.15, -0.1) is 0 Å². The van der Waals surface area contributed by atoms with E-state index in [0.29, 0.717) is 11.6 Å². The number of sulfonamides is 1. The number of carbonyl (C=O) groups is 1. The van der Waals surface area contributed by atoms with Crippen LogP contribution in [-0.4, -0.2) is 20.9 Å². The Morgan fingerprint density at radius 2 is 1.63 bits per heavy atom. The van der Waals surface area contributed by atoms with Crippen LogP contribution in [0.3, 0.4) is 0 Å². The number of amides is 1. The predicted molar refractivity (Wildman–Crippen MR) is 108 cm³/mol. The highest BCUT2D eigenvalue weighted by Gasteiger charge is 2.16. The Kier molecular flexibility index (Phi) is 7.12. The molecule has 0 aliphatic heterocycles. The highest BCUT2D eigenvalue weighted by Crippen LogP contribution is 2.22. The molecule has 0 saturated carbocycles. The third-order valence-electron chi connectivity index (χ3n) is 4.36. The summed E-state index contributed by atoms with van der Waals surface area (Å²) in [5.41, 5.74) is 2.94. The lowest BCUT2D eigenvalue weighted by molar-refractivity contribution is -0.115. The van der Waals surface area contributed by atoms with E-state index in [2.05, 4.69) is 55.7 Å². The Bertz CT molecular complexity index is 860. The van der Waals surface area contributed by atoms with E-state index >= 15 is 0 Å². The van der Waals surface area contributed by atoms with Crippen LogP contribution in [0, 0.1) is 5.92 Å². The molecule has 1 amide bonds. The summed E-state index contributed by atoms with van der Waals surface area (Å²) in [6.45, 7) is 6.48. The van der Waals surface area contributed by atoms with Crippen LogP contribution in [0.15, 0.2) is 53.4 Å². The molecule has 0 aromatic heterocycles. The number of primary sulfonamides is 1.